The fourth-order valence-electron chi connectivity index (χ4n) is 2.20. The van der Waals surface area contributed by atoms with Gasteiger partial charge in [0.2, 0.25) is 0 Å². The zero-order valence-electron chi connectivity index (χ0n) is 12.0. The summed E-state index contributed by atoms with van der Waals surface area (Å²) in [6.45, 7) is 4.01. The number of aliphatic carboxylic acids is 1. The number of carbonyl (C=O) groups excluding carboxylic acids is 1. The van der Waals surface area contributed by atoms with Gasteiger partial charge in [-0.1, -0.05) is 32.6 Å². The molecule has 5 nitrogen and oxygen atoms in total. The Hall–Kier alpha value is -1.35. The monoisotopic (exact) mass is 298 g/mol. The van der Waals surface area contributed by atoms with E-state index in [0.717, 1.165) is 19.3 Å². The molecule has 20 heavy (non-hydrogen) atoms. The van der Waals surface area contributed by atoms with Crippen LogP contribution in [0.5, 0.6) is 0 Å². The van der Waals surface area contributed by atoms with E-state index in [4.69, 9.17) is 6.42 Å². The van der Waals surface area contributed by atoms with Gasteiger partial charge in [-0.3, -0.25) is 4.90 Å². The van der Waals surface area contributed by atoms with Crippen LogP contribution in [0.1, 0.15) is 39.5 Å². The molecule has 112 valence electrons. The summed E-state index contributed by atoms with van der Waals surface area (Å²) in [5, 5.41) is 11.9. The fraction of sp³-hybridized carbons (Fsp3) is 0.714. The van der Waals surface area contributed by atoms with Crippen molar-refractivity contribution in [2.75, 3.05) is 5.75 Å². The van der Waals surface area contributed by atoms with Crippen molar-refractivity contribution < 1.29 is 14.7 Å². The first-order chi connectivity index (χ1) is 9.54. The molecule has 0 spiro atoms. The van der Waals surface area contributed by atoms with E-state index >= 15 is 0 Å². The normalized spacial score (nSPS) is 23.1. The lowest BCUT2D eigenvalue weighted by atomic mass is 10.2. The van der Waals surface area contributed by atoms with E-state index in [1.54, 1.807) is 0 Å². The van der Waals surface area contributed by atoms with Crippen molar-refractivity contribution >= 4 is 23.8 Å². The summed E-state index contributed by atoms with van der Waals surface area (Å²) < 4.78 is 0. The Morgan fingerprint density at radius 2 is 2.20 bits per heavy atom. The molecule has 1 aliphatic heterocycles. The van der Waals surface area contributed by atoms with E-state index in [0.29, 0.717) is 12.2 Å². The molecule has 0 aromatic carbocycles. The molecule has 0 radical (unpaired) electrons. The Morgan fingerprint density at radius 1 is 1.50 bits per heavy atom. The summed E-state index contributed by atoms with van der Waals surface area (Å²) in [5.41, 5.74) is 0. The Kier molecular flexibility index (Phi) is 6.73. The molecule has 1 fully saturated rings. The average molecular weight is 298 g/mol. The van der Waals surface area contributed by atoms with Crippen LogP contribution in [0.4, 0.5) is 4.79 Å². The van der Waals surface area contributed by atoms with Gasteiger partial charge >= 0.3 is 12.0 Å². The van der Waals surface area contributed by atoms with Gasteiger partial charge in [0.05, 0.1) is 11.4 Å². The second-order valence-corrected chi connectivity index (χ2v) is 6.01. The largest absolute Gasteiger partial charge is 0.480 e. The van der Waals surface area contributed by atoms with Gasteiger partial charge in [-0.2, -0.15) is 0 Å². The number of terminal acetylenes is 1. The quantitative estimate of drug-likeness (QED) is 0.737. The molecule has 0 bridgehead atoms. The smallest absolute Gasteiger partial charge is 0.327 e. The van der Waals surface area contributed by atoms with Gasteiger partial charge in [-0.15, -0.1) is 18.2 Å². The van der Waals surface area contributed by atoms with Gasteiger partial charge in [0.1, 0.15) is 6.04 Å². The first-order valence-corrected chi connectivity index (χ1v) is 7.99. The van der Waals surface area contributed by atoms with Crippen molar-refractivity contribution in [1.82, 2.24) is 10.2 Å². The number of rotatable bonds is 6. The first kappa shape index (κ1) is 16.7. The lowest BCUT2D eigenvalue weighted by molar-refractivity contribution is -0.141. The molecule has 1 rings (SSSR count). The summed E-state index contributed by atoms with van der Waals surface area (Å²) in [6, 6.07) is -1.47. The average Bonchev–Trinajstić information content (AvgIpc) is 2.82. The van der Waals surface area contributed by atoms with E-state index < -0.39 is 12.0 Å². The van der Waals surface area contributed by atoms with Crippen molar-refractivity contribution in [3.05, 3.63) is 0 Å². The number of urea groups is 1. The number of nitrogens with one attached hydrogen (secondary N) is 1. The molecule has 0 aromatic rings. The molecule has 3 atom stereocenters. The highest BCUT2D eigenvalue weighted by atomic mass is 32.2. The van der Waals surface area contributed by atoms with E-state index in [2.05, 4.69) is 11.2 Å². The number of hydrogen-bond donors (Lipinski definition) is 2. The SMILES string of the molecule is C#CC(CCC)NC(=O)N1C(CCC)SCC1C(=O)O. The third-order valence-corrected chi connectivity index (χ3v) is 4.58. The number of hydrogen-bond acceptors (Lipinski definition) is 3. The predicted molar refractivity (Wildman–Crippen MR) is 80.5 cm³/mol. The molecule has 0 aromatic heterocycles. The molecule has 0 aliphatic carbocycles. The van der Waals surface area contributed by atoms with Gasteiger partial charge in [0.25, 0.3) is 0 Å². The molecular weight excluding hydrogens is 276 g/mol. The summed E-state index contributed by atoms with van der Waals surface area (Å²) >= 11 is 1.52. The third-order valence-electron chi connectivity index (χ3n) is 3.22. The van der Waals surface area contributed by atoms with Crippen LogP contribution in [0.3, 0.4) is 0 Å². The standard InChI is InChI=1S/C14H22N2O3S/c1-4-7-10(6-3)15-14(19)16-11(13(17)18)9-20-12(16)8-5-2/h3,10-12H,4-5,7-9H2,1-2H3,(H,15,19)(H,17,18). The number of amides is 2. The van der Waals surface area contributed by atoms with Gasteiger partial charge < -0.3 is 10.4 Å². The van der Waals surface area contributed by atoms with Crippen LogP contribution < -0.4 is 5.32 Å². The first-order valence-electron chi connectivity index (χ1n) is 6.94. The fourth-order valence-corrected chi connectivity index (χ4v) is 3.72. The predicted octanol–water partition coefficient (Wildman–Crippen LogP) is 2.13. The Morgan fingerprint density at radius 3 is 2.70 bits per heavy atom. The minimum atomic E-state index is -0.959. The van der Waals surface area contributed by atoms with Gasteiger partial charge in [-0.25, -0.2) is 9.59 Å². The Bertz CT molecular complexity index is 394. The molecule has 1 aliphatic rings. The minimum absolute atomic E-state index is 0.0823. The van der Waals surface area contributed by atoms with Crippen molar-refractivity contribution in [3.8, 4) is 12.3 Å². The zero-order valence-corrected chi connectivity index (χ0v) is 12.8. The maximum Gasteiger partial charge on any atom is 0.327 e. The van der Waals surface area contributed by atoms with Gasteiger partial charge in [0.15, 0.2) is 0 Å². The molecule has 3 unspecified atom stereocenters. The van der Waals surface area contributed by atoms with E-state index in [9.17, 15) is 14.7 Å². The molecular formula is C14H22N2O3S. The number of nitrogens with zero attached hydrogens (tertiary/aromatic N) is 1. The topological polar surface area (TPSA) is 69.6 Å². The Balaban J connectivity index is 2.78. The highest BCUT2D eigenvalue weighted by molar-refractivity contribution is 8.00. The van der Waals surface area contributed by atoms with Crippen LogP contribution in [0, 0.1) is 12.3 Å². The van der Waals surface area contributed by atoms with Crippen LogP contribution in [-0.2, 0) is 4.79 Å². The lowest BCUT2D eigenvalue weighted by Crippen LogP contribution is -2.52. The third kappa shape index (κ3) is 4.07. The molecule has 2 N–H and O–H groups in total. The lowest BCUT2D eigenvalue weighted by Gasteiger charge is -2.28. The van der Waals surface area contributed by atoms with E-state index in [1.807, 2.05) is 13.8 Å². The van der Waals surface area contributed by atoms with Gasteiger partial charge in [0, 0.05) is 5.75 Å². The maximum absolute atomic E-state index is 12.3. The van der Waals surface area contributed by atoms with E-state index in [-0.39, 0.29) is 17.4 Å². The molecule has 1 heterocycles. The number of carboxylic acid groups (broad SMARTS) is 1. The number of thioether (sulfide) groups is 1. The number of carboxylic acids is 1. The minimum Gasteiger partial charge on any atom is -0.480 e. The van der Waals surface area contributed by atoms with Crippen molar-refractivity contribution in [2.45, 2.75) is 57.0 Å². The van der Waals surface area contributed by atoms with Crippen LogP contribution in [-0.4, -0.2) is 45.2 Å². The van der Waals surface area contributed by atoms with Crippen LogP contribution in [0.15, 0.2) is 0 Å². The molecule has 0 saturated carbocycles. The van der Waals surface area contributed by atoms with Crippen LogP contribution in [0.25, 0.3) is 0 Å². The summed E-state index contributed by atoms with van der Waals surface area (Å²) in [7, 11) is 0. The highest BCUT2D eigenvalue weighted by Crippen LogP contribution is 2.32. The molecule has 6 heteroatoms. The highest BCUT2D eigenvalue weighted by Gasteiger charge is 2.41. The maximum atomic E-state index is 12.3. The van der Waals surface area contributed by atoms with Crippen molar-refractivity contribution in [3.63, 3.8) is 0 Å². The second kappa shape index (κ2) is 8.05. The van der Waals surface area contributed by atoms with Crippen molar-refractivity contribution in [2.24, 2.45) is 0 Å². The summed E-state index contributed by atoms with van der Waals surface area (Å²) in [5.74, 6) is 2.01. The zero-order chi connectivity index (χ0) is 15.1. The van der Waals surface area contributed by atoms with Crippen LogP contribution >= 0.6 is 11.8 Å². The summed E-state index contributed by atoms with van der Waals surface area (Å²) in [6.07, 6.45) is 8.64. The van der Waals surface area contributed by atoms with Gasteiger partial charge in [-0.05, 0) is 12.8 Å². The van der Waals surface area contributed by atoms with E-state index in [1.165, 1.54) is 16.7 Å². The van der Waals surface area contributed by atoms with Crippen molar-refractivity contribution in [1.29, 1.82) is 0 Å². The van der Waals surface area contributed by atoms with Crippen LogP contribution in [0.2, 0.25) is 0 Å². The number of carbonyl (C=O) groups is 2. The summed E-state index contributed by atoms with van der Waals surface area (Å²) in [4.78, 5) is 25.0. The molecule has 1 saturated heterocycles. The Labute approximate surface area is 124 Å². The molecule has 2 amide bonds. The second-order valence-electron chi connectivity index (χ2n) is 4.80.